The van der Waals surface area contributed by atoms with Gasteiger partial charge in [-0.25, -0.2) is 0 Å². The normalized spacial score (nSPS) is 11.9. The van der Waals surface area contributed by atoms with Crippen LogP contribution < -0.4 is 11.1 Å². The summed E-state index contributed by atoms with van der Waals surface area (Å²) in [6, 6.07) is 12.4. The van der Waals surface area contributed by atoms with E-state index in [2.05, 4.69) is 5.32 Å². The van der Waals surface area contributed by atoms with Gasteiger partial charge in [0.25, 0.3) is 5.91 Å². The quantitative estimate of drug-likeness (QED) is 0.751. The van der Waals surface area contributed by atoms with Crippen LogP contribution in [0.15, 0.2) is 42.5 Å². The number of aliphatic hydroxyl groups is 1. The Balaban J connectivity index is 2.17. The number of hydrogen-bond acceptors (Lipinski definition) is 3. The second-order valence-electron chi connectivity index (χ2n) is 4.77. The Kier molecular flexibility index (Phi) is 4.05. The highest BCUT2D eigenvalue weighted by Gasteiger charge is 2.11. The fourth-order valence-corrected chi connectivity index (χ4v) is 1.94. The van der Waals surface area contributed by atoms with Crippen LogP contribution in [0.2, 0.25) is 0 Å². The van der Waals surface area contributed by atoms with Gasteiger partial charge in [0.2, 0.25) is 0 Å². The van der Waals surface area contributed by atoms with E-state index in [1.165, 1.54) is 0 Å². The summed E-state index contributed by atoms with van der Waals surface area (Å²) in [5, 5.41) is 12.3. The number of rotatable bonds is 3. The molecule has 2 aromatic carbocycles. The maximum atomic E-state index is 12.2. The van der Waals surface area contributed by atoms with Crippen LogP contribution in [0.3, 0.4) is 0 Å². The summed E-state index contributed by atoms with van der Waals surface area (Å²) in [6.07, 6.45) is -0.518. The Morgan fingerprint density at radius 2 is 1.85 bits per heavy atom. The van der Waals surface area contributed by atoms with Crippen molar-refractivity contribution in [3.8, 4) is 0 Å². The van der Waals surface area contributed by atoms with E-state index in [0.717, 1.165) is 11.1 Å². The molecule has 4 nitrogen and oxygen atoms in total. The average Bonchev–Trinajstić information content (AvgIpc) is 2.42. The highest BCUT2D eigenvalue weighted by molar-refractivity contribution is 6.06. The second kappa shape index (κ2) is 5.75. The van der Waals surface area contributed by atoms with Crippen molar-refractivity contribution in [2.75, 3.05) is 11.1 Å². The molecule has 1 unspecified atom stereocenters. The Labute approximate surface area is 118 Å². The fraction of sp³-hybridized carbons (Fsp3) is 0.188. The summed E-state index contributed by atoms with van der Waals surface area (Å²) in [7, 11) is 0. The number of carbonyl (C=O) groups excluding carboxylic acids is 1. The first-order valence-electron chi connectivity index (χ1n) is 6.43. The highest BCUT2D eigenvalue weighted by Crippen LogP contribution is 2.19. The SMILES string of the molecule is Cc1c(N)cccc1C(=O)Nc1ccc(C(C)O)cc1. The third-order valence-corrected chi connectivity index (χ3v) is 3.27. The number of nitrogens with two attached hydrogens (primary N) is 1. The first kappa shape index (κ1) is 14.1. The molecule has 0 fully saturated rings. The summed E-state index contributed by atoms with van der Waals surface area (Å²) < 4.78 is 0. The van der Waals surface area contributed by atoms with Crippen LogP contribution in [0.25, 0.3) is 0 Å². The van der Waals surface area contributed by atoms with Crippen LogP contribution in [0.4, 0.5) is 11.4 Å². The van der Waals surface area contributed by atoms with Crippen molar-refractivity contribution in [3.63, 3.8) is 0 Å². The molecule has 0 aromatic heterocycles. The molecule has 0 aliphatic rings. The molecule has 4 heteroatoms. The lowest BCUT2D eigenvalue weighted by Crippen LogP contribution is -2.14. The Bertz CT molecular complexity index is 619. The minimum Gasteiger partial charge on any atom is -0.398 e. The molecular formula is C16H18N2O2. The number of nitrogen functional groups attached to an aromatic ring is 1. The van der Waals surface area contributed by atoms with E-state index < -0.39 is 6.10 Å². The Hall–Kier alpha value is -2.33. The average molecular weight is 270 g/mol. The van der Waals surface area contributed by atoms with E-state index in [-0.39, 0.29) is 5.91 Å². The predicted molar refractivity (Wildman–Crippen MR) is 80.6 cm³/mol. The van der Waals surface area contributed by atoms with E-state index in [1.807, 2.05) is 6.92 Å². The topological polar surface area (TPSA) is 75.4 Å². The molecule has 0 aliphatic heterocycles. The van der Waals surface area contributed by atoms with E-state index in [1.54, 1.807) is 49.4 Å². The van der Waals surface area contributed by atoms with Crippen molar-refractivity contribution in [2.45, 2.75) is 20.0 Å². The molecule has 1 amide bonds. The highest BCUT2D eigenvalue weighted by atomic mass is 16.3. The van der Waals surface area contributed by atoms with Gasteiger partial charge < -0.3 is 16.2 Å². The molecule has 104 valence electrons. The molecule has 0 saturated carbocycles. The standard InChI is InChI=1S/C16H18N2O2/c1-10-14(4-3-5-15(10)17)16(20)18-13-8-6-12(7-9-13)11(2)19/h3-9,11,19H,17H2,1-2H3,(H,18,20). The van der Waals surface area contributed by atoms with Gasteiger partial charge in [-0.05, 0) is 49.2 Å². The van der Waals surface area contributed by atoms with Crippen molar-refractivity contribution in [3.05, 3.63) is 59.2 Å². The maximum absolute atomic E-state index is 12.2. The third kappa shape index (κ3) is 2.97. The van der Waals surface area contributed by atoms with Crippen LogP contribution >= 0.6 is 0 Å². The van der Waals surface area contributed by atoms with Crippen LogP contribution in [0, 0.1) is 6.92 Å². The van der Waals surface area contributed by atoms with Crippen molar-refractivity contribution in [2.24, 2.45) is 0 Å². The Morgan fingerprint density at radius 1 is 1.20 bits per heavy atom. The number of hydrogen-bond donors (Lipinski definition) is 3. The first-order valence-corrected chi connectivity index (χ1v) is 6.43. The second-order valence-corrected chi connectivity index (χ2v) is 4.77. The molecule has 0 spiro atoms. The Morgan fingerprint density at radius 3 is 2.45 bits per heavy atom. The summed E-state index contributed by atoms with van der Waals surface area (Å²) in [5.74, 6) is -0.195. The number of benzene rings is 2. The molecule has 0 radical (unpaired) electrons. The molecular weight excluding hydrogens is 252 g/mol. The van der Waals surface area contributed by atoms with Crippen molar-refractivity contribution >= 4 is 17.3 Å². The molecule has 2 aromatic rings. The van der Waals surface area contributed by atoms with E-state index >= 15 is 0 Å². The van der Waals surface area contributed by atoms with Gasteiger partial charge in [-0.3, -0.25) is 4.79 Å². The van der Waals surface area contributed by atoms with Gasteiger partial charge in [-0.2, -0.15) is 0 Å². The van der Waals surface area contributed by atoms with Gasteiger partial charge in [-0.1, -0.05) is 18.2 Å². The molecule has 4 N–H and O–H groups in total. The molecule has 0 heterocycles. The number of carbonyl (C=O) groups is 1. The van der Waals surface area contributed by atoms with Gasteiger partial charge in [0.15, 0.2) is 0 Å². The minimum atomic E-state index is -0.518. The lowest BCUT2D eigenvalue weighted by Gasteiger charge is -2.10. The van der Waals surface area contributed by atoms with Gasteiger partial charge in [0.05, 0.1) is 6.10 Å². The largest absolute Gasteiger partial charge is 0.398 e. The van der Waals surface area contributed by atoms with Gasteiger partial charge in [0, 0.05) is 16.9 Å². The van der Waals surface area contributed by atoms with Gasteiger partial charge in [0.1, 0.15) is 0 Å². The number of aliphatic hydroxyl groups excluding tert-OH is 1. The summed E-state index contributed by atoms with van der Waals surface area (Å²) in [5.41, 5.74) is 9.22. The van der Waals surface area contributed by atoms with Crippen LogP contribution in [-0.2, 0) is 0 Å². The number of amides is 1. The zero-order valence-corrected chi connectivity index (χ0v) is 11.6. The maximum Gasteiger partial charge on any atom is 0.256 e. The smallest absolute Gasteiger partial charge is 0.256 e. The summed E-state index contributed by atoms with van der Waals surface area (Å²) >= 11 is 0. The molecule has 1 atom stereocenters. The monoisotopic (exact) mass is 270 g/mol. The number of anilines is 2. The molecule has 2 rings (SSSR count). The van der Waals surface area contributed by atoms with Crippen molar-refractivity contribution < 1.29 is 9.90 Å². The summed E-state index contributed by atoms with van der Waals surface area (Å²) in [4.78, 5) is 12.2. The minimum absolute atomic E-state index is 0.195. The van der Waals surface area contributed by atoms with Gasteiger partial charge in [-0.15, -0.1) is 0 Å². The van der Waals surface area contributed by atoms with Crippen molar-refractivity contribution in [1.82, 2.24) is 0 Å². The molecule has 0 bridgehead atoms. The van der Waals surface area contributed by atoms with Crippen LogP contribution in [0.1, 0.15) is 34.5 Å². The third-order valence-electron chi connectivity index (χ3n) is 3.27. The van der Waals surface area contributed by atoms with E-state index in [4.69, 9.17) is 5.73 Å². The van der Waals surface area contributed by atoms with Crippen molar-refractivity contribution in [1.29, 1.82) is 0 Å². The van der Waals surface area contributed by atoms with E-state index in [0.29, 0.717) is 16.9 Å². The predicted octanol–water partition coefficient (Wildman–Crippen LogP) is 2.88. The van der Waals surface area contributed by atoms with Crippen LogP contribution in [-0.4, -0.2) is 11.0 Å². The first-order chi connectivity index (χ1) is 9.49. The molecule has 0 saturated heterocycles. The van der Waals surface area contributed by atoms with Crippen LogP contribution in [0.5, 0.6) is 0 Å². The molecule has 0 aliphatic carbocycles. The summed E-state index contributed by atoms with van der Waals surface area (Å²) in [6.45, 7) is 3.52. The lowest BCUT2D eigenvalue weighted by atomic mass is 10.1. The van der Waals surface area contributed by atoms with Gasteiger partial charge >= 0.3 is 0 Å². The zero-order valence-electron chi connectivity index (χ0n) is 11.6. The molecule has 20 heavy (non-hydrogen) atoms. The van der Waals surface area contributed by atoms with E-state index in [9.17, 15) is 9.90 Å². The number of nitrogens with one attached hydrogen (secondary N) is 1. The lowest BCUT2D eigenvalue weighted by molar-refractivity contribution is 0.102. The zero-order chi connectivity index (χ0) is 14.7. The fourth-order valence-electron chi connectivity index (χ4n) is 1.94.